The second kappa shape index (κ2) is 6.05. The van der Waals surface area contributed by atoms with Gasteiger partial charge < -0.3 is 9.52 Å². The molecule has 1 saturated heterocycles. The minimum absolute atomic E-state index is 0.297. The Bertz CT molecular complexity index is 399. The second-order valence-corrected chi connectivity index (χ2v) is 5.04. The van der Waals surface area contributed by atoms with Crippen molar-refractivity contribution >= 4 is 5.97 Å². The number of hydrogen-bond donors (Lipinski definition) is 1. The van der Waals surface area contributed by atoms with Gasteiger partial charge in [-0.15, -0.1) is 0 Å². The molecule has 0 aliphatic carbocycles. The monoisotopic (exact) mass is 251 g/mol. The van der Waals surface area contributed by atoms with E-state index < -0.39 is 5.97 Å². The van der Waals surface area contributed by atoms with Crippen molar-refractivity contribution in [3.63, 3.8) is 0 Å². The normalized spacial score (nSPS) is 21.7. The van der Waals surface area contributed by atoms with Crippen LogP contribution in [0, 0.1) is 5.92 Å². The largest absolute Gasteiger partial charge is 0.478 e. The van der Waals surface area contributed by atoms with E-state index in [1.54, 1.807) is 0 Å². The van der Waals surface area contributed by atoms with Crippen LogP contribution in [0.15, 0.2) is 16.7 Å². The topological polar surface area (TPSA) is 53.7 Å². The third-order valence-corrected chi connectivity index (χ3v) is 3.86. The number of furan rings is 1. The smallest absolute Gasteiger partial charge is 0.339 e. The molecule has 2 rings (SSSR count). The van der Waals surface area contributed by atoms with Crippen LogP contribution < -0.4 is 0 Å². The Morgan fingerprint density at radius 2 is 2.33 bits per heavy atom. The molecule has 18 heavy (non-hydrogen) atoms. The summed E-state index contributed by atoms with van der Waals surface area (Å²) in [5.41, 5.74) is 0.297. The van der Waals surface area contributed by atoms with E-state index in [0.29, 0.717) is 17.9 Å². The predicted molar refractivity (Wildman–Crippen MR) is 68.6 cm³/mol. The lowest BCUT2D eigenvalue weighted by atomic mass is 9.98. The SMILES string of the molecule is CCC1CCCN(Cc2occc2C(=O)O)CC1. The molecule has 0 amide bonds. The molecule has 1 aromatic rings. The lowest BCUT2D eigenvalue weighted by molar-refractivity contribution is 0.0692. The number of hydrogen-bond acceptors (Lipinski definition) is 3. The molecule has 0 spiro atoms. The van der Waals surface area contributed by atoms with Gasteiger partial charge >= 0.3 is 5.97 Å². The number of carboxylic acids is 1. The van der Waals surface area contributed by atoms with E-state index in [9.17, 15) is 4.79 Å². The van der Waals surface area contributed by atoms with Gasteiger partial charge in [0.25, 0.3) is 0 Å². The van der Waals surface area contributed by atoms with Gasteiger partial charge in [0.05, 0.1) is 12.8 Å². The minimum Gasteiger partial charge on any atom is -0.478 e. The molecule has 0 bridgehead atoms. The highest BCUT2D eigenvalue weighted by atomic mass is 16.4. The molecule has 100 valence electrons. The Balaban J connectivity index is 1.96. The zero-order chi connectivity index (χ0) is 13.0. The van der Waals surface area contributed by atoms with E-state index in [0.717, 1.165) is 19.0 Å². The van der Waals surface area contributed by atoms with Gasteiger partial charge in [-0.2, -0.15) is 0 Å². The van der Waals surface area contributed by atoms with Gasteiger partial charge in [-0.25, -0.2) is 4.79 Å². The molecule has 1 fully saturated rings. The average molecular weight is 251 g/mol. The maximum Gasteiger partial charge on any atom is 0.339 e. The summed E-state index contributed by atoms with van der Waals surface area (Å²) in [6, 6.07) is 1.53. The molecule has 0 aromatic carbocycles. The highest BCUT2D eigenvalue weighted by Gasteiger charge is 2.19. The van der Waals surface area contributed by atoms with Gasteiger partial charge in [0.2, 0.25) is 0 Å². The Labute approximate surface area is 108 Å². The van der Waals surface area contributed by atoms with E-state index in [-0.39, 0.29) is 0 Å². The number of nitrogens with zero attached hydrogens (tertiary/aromatic N) is 1. The number of rotatable bonds is 4. The second-order valence-electron chi connectivity index (χ2n) is 5.04. The van der Waals surface area contributed by atoms with Gasteiger partial charge in [0.15, 0.2) is 0 Å². The third-order valence-electron chi connectivity index (χ3n) is 3.86. The van der Waals surface area contributed by atoms with Crippen molar-refractivity contribution in [2.75, 3.05) is 13.1 Å². The molecular formula is C14H21NO3. The van der Waals surface area contributed by atoms with Gasteiger partial charge in [-0.1, -0.05) is 13.3 Å². The van der Waals surface area contributed by atoms with Crippen LogP contribution in [0.3, 0.4) is 0 Å². The highest BCUT2D eigenvalue weighted by molar-refractivity contribution is 5.88. The fourth-order valence-corrected chi connectivity index (χ4v) is 2.65. The molecule has 0 saturated carbocycles. The summed E-state index contributed by atoms with van der Waals surface area (Å²) in [5, 5.41) is 9.04. The Morgan fingerprint density at radius 3 is 3.06 bits per heavy atom. The summed E-state index contributed by atoms with van der Waals surface area (Å²) in [5.74, 6) is 0.503. The predicted octanol–water partition coefficient (Wildman–Crippen LogP) is 2.99. The Hall–Kier alpha value is -1.29. The molecule has 4 nitrogen and oxygen atoms in total. The van der Waals surface area contributed by atoms with Crippen LogP contribution in [-0.4, -0.2) is 29.1 Å². The van der Waals surface area contributed by atoms with E-state index in [1.807, 2.05) is 0 Å². The fourth-order valence-electron chi connectivity index (χ4n) is 2.65. The zero-order valence-electron chi connectivity index (χ0n) is 10.9. The molecule has 1 aliphatic heterocycles. The van der Waals surface area contributed by atoms with Crippen LogP contribution in [0.4, 0.5) is 0 Å². The average Bonchev–Trinajstić information content (AvgIpc) is 2.69. The van der Waals surface area contributed by atoms with Crippen molar-refractivity contribution in [2.45, 2.75) is 39.2 Å². The molecule has 2 heterocycles. The maximum atomic E-state index is 11.0. The number of carbonyl (C=O) groups is 1. The lowest BCUT2D eigenvalue weighted by Gasteiger charge is -2.18. The third kappa shape index (κ3) is 3.13. The van der Waals surface area contributed by atoms with E-state index >= 15 is 0 Å². The number of likely N-dealkylation sites (tertiary alicyclic amines) is 1. The minimum atomic E-state index is -0.903. The first-order valence-electron chi connectivity index (χ1n) is 6.72. The van der Waals surface area contributed by atoms with Crippen molar-refractivity contribution in [2.24, 2.45) is 5.92 Å². The van der Waals surface area contributed by atoms with Gasteiger partial charge in [-0.3, -0.25) is 4.90 Å². The highest BCUT2D eigenvalue weighted by Crippen LogP contribution is 2.22. The summed E-state index contributed by atoms with van der Waals surface area (Å²) in [4.78, 5) is 13.3. The van der Waals surface area contributed by atoms with Crippen molar-refractivity contribution < 1.29 is 14.3 Å². The molecule has 1 aromatic heterocycles. The van der Waals surface area contributed by atoms with Gasteiger partial charge in [0.1, 0.15) is 11.3 Å². The van der Waals surface area contributed by atoms with E-state index in [4.69, 9.17) is 9.52 Å². The lowest BCUT2D eigenvalue weighted by Crippen LogP contribution is -2.24. The quantitative estimate of drug-likeness (QED) is 0.893. The first kappa shape index (κ1) is 13.1. The molecule has 4 heteroatoms. The first-order valence-corrected chi connectivity index (χ1v) is 6.72. The zero-order valence-corrected chi connectivity index (χ0v) is 10.9. The van der Waals surface area contributed by atoms with Gasteiger partial charge in [0, 0.05) is 0 Å². The summed E-state index contributed by atoms with van der Waals surface area (Å²) in [6.45, 7) is 4.94. The fraction of sp³-hybridized carbons (Fsp3) is 0.643. The van der Waals surface area contributed by atoms with E-state index in [2.05, 4.69) is 11.8 Å². The number of aromatic carboxylic acids is 1. The number of carboxylic acid groups (broad SMARTS) is 1. The Kier molecular flexibility index (Phi) is 4.42. The first-order chi connectivity index (χ1) is 8.70. The molecule has 1 aliphatic rings. The van der Waals surface area contributed by atoms with Crippen LogP contribution in [0.5, 0.6) is 0 Å². The molecule has 1 unspecified atom stereocenters. The standard InChI is InChI=1S/C14H21NO3/c1-2-11-4-3-7-15(8-5-11)10-13-12(14(16)17)6-9-18-13/h6,9,11H,2-5,7-8,10H2,1H3,(H,16,17). The molecule has 1 N–H and O–H groups in total. The van der Waals surface area contributed by atoms with Gasteiger partial charge in [-0.05, 0) is 44.3 Å². The summed E-state index contributed by atoms with van der Waals surface area (Å²) in [6.07, 6.45) is 6.40. The molecular weight excluding hydrogens is 230 g/mol. The van der Waals surface area contributed by atoms with Crippen molar-refractivity contribution in [3.8, 4) is 0 Å². The van der Waals surface area contributed by atoms with Crippen LogP contribution in [0.2, 0.25) is 0 Å². The van der Waals surface area contributed by atoms with Crippen LogP contribution in [0.25, 0.3) is 0 Å². The van der Waals surface area contributed by atoms with E-state index in [1.165, 1.54) is 38.0 Å². The summed E-state index contributed by atoms with van der Waals surface area (Å²) < 4.78 is 5.30. The molecule has 0 radical (unpaired) electrons. The summed E-state index contributed by atoms with van der Waals surface area (Å²) in [7, 11) is 0. The summed E-state index contributed by atoms with van der Waals surface area (Å²) >= 11 is 0. The van der Waals surface area contributed by atoms with Crippen LogP contribution in [0.1, 0.15) is 48.7 Å². The van der Waals surface area contributed by atoms with Crippen molar-refractivity contribution in [1.82, 2.24) is 4.90 Å². The maximum absolute atomic E-state index is 11.0. The van der Waals surface area contributed by atoms with Crippen LogP contribution >= 0.6 is 0 Å². The molecule has 1 atom stereocenters. The Morgan fingerprint density at radius 1 is 1.50 bits per heavy atom. The van der Waals surface area contributed by atoms with Crippen LogP contribution in [-0.2, 0) is 6.54 Å². The van der Waals surface area contributed by atoms with Crippen molar-refractivity contribution in [3.05, 3.63) is 23.7 Å². The van der Waals surface area contributed by atoms with Crippen molar-refractivity contribution in [1.29, 1.82) is 0 Å².